The standard InChI is InChI=1S/C15H25N3O3S/c1-4-16-22(21,13-7-12-17(5-2)6-3)15-10-8-14(9-11-15)18(19)20/h8-11H,4-7,12-13H2,1-3H3. The maximum Gasteiger partial charge on any atom is 0.269 e. The molecule has 0 amide bonds. The molecule has 0 bridgehead atoms. The van der Waals surface area contributed by atoms with E-state index in [4.69, 9.17) is 0 Å². The molecular formula is C15H25N3O3S. The van der Waals surface area contributed by atoms with Crippen molar-refractivity contribution in [2.24, 2.45) is 4.36 Å². The Bertz CT molecular complexity index is 589. The molecule has 1 aromatic carbocycles. The first-order valence-corrected chi connectivity index (χ1v) is 9.32. The van der Waals surface area contributed by atoms with E-state index in [9.17, 15) is 14.3 Å². The summed E-state index contributed by atoms with van der Waals surface area (Å²) in [7, 11) is -2.50. The van der Waals surface area contributed by atoms with Crippen LogP contribution < -0.4 is 0 Å². The Hall–Kier alpha value is -1.47. The summed E-state index contributed by atoms with van der Waals surface area (Å²) in [6.07, 6.45) is 0.793. The fourth-order valence-corrected chi connectivity index (χ4v) is 4.28. The van der Waals surface area contributed by atoms with Crippen LogP contribution in [0.15, 0.2) is 33.5 Å². The van der Waals surface area contributed by atoms with Gasteiger partial charge in [0.15, 0.2) is 0 Å². The van der Waals surface area contributed by atoms with Gasteiger partial charge in [0.1, 0.15) is 0 Å². The second-order valence-corrected chi connectivity index (χ2v) is 7.34. The number of nitro benzene ring substituents is 1. The normalized spacial score (nSPS) is 13.8. The van der Waals surface area contributed by atoms with E-state index in [0.29, 0.717) is 17.2 Å². The first-order chi connectivity index (χ1) is 10.5. The lowest BCUT2D eigenvalue weighted by molar-refractivity contribution is -0.384. The van der Waals surface area contributed by atoms with Gasteiger partial charge < -0.3 is 4.90 Å². The van der Waals surface area contributed by atoms with Gasteiger partial charge in [-0.15, -0.1) is 0 Å². The molecule has 0 saturated carbocycles. The summed E-state index contributed by atoms with van der Waals surface area (Å²) in [6.45, 7) is 9.37. The van der Waals surface area contributed by atoms with Crippen molar-refractivity contribution in [2.75, 3.05) is 31.9 Å². The predicted octanol–water partition coefficient (Wildman–Crippen LogP) is 3.17. The monoisotopic (exact) mass is 327 g/mol. The van der Waals surface area contributed by atoms with Crippen LogP contribution in [-0.4, -0.2) is 46.0 Å². The Morgan fingerprint density at radius 3 is 2.23 bits per heavy atom. The molecule has 1 unspecified atom stereocenters. The average Bonchev–Trinajstić information content (AvgIpc) is 2.52. The van der Waals surface area contributed by atoms with Gasteiger partial charge in [-0.1, -0.05) is 13.8 Å². The zero-order valence-electron chi connectivity index (χ0n) is 13.5. The van der Waals surface area contributed by atoms with E-state index in [1.54, 1.807) is 12.1 Å². The first-order valence-electron chi connectivity index (χ1n) is 7.64. The Morgan fingerprint density at radius 1 is 1.18 bits per heavy atom. The SMILES string of the molecule is CCN=S(=O)(CCCN(CC)CC)c1ccc([N+](=O)[O-])cc1. The topological polar surface area (TPSA) is 75.8 Å². The van der Waals surface area contributed by atoms with E-state index < -0.39 is 14.7 Å². The quantitative estimate of drug-likeness (QED) is 0.515. The molecule has 1 atom stereocenters. The molecule has 0 spiro atoms. The smallest absolute Gasteiger partial charge is 0.269 e. The molecule has 0 saturated heterocycles. The van der Waals surface area contributed by atoms with Gasteiger partial charge in [0.05, 0.1) is 14.7 Å². The van der Waals surface area contributed by atoms with Crippen molar-refractivity contribution in [3.63, 3.8) is 0 Å². The van der Waals surface area contributed by atoms with E-state index in [1.165, 1.54) is 12.1 Å². The summed E-state index contributed by atoms with van der Waals surface area (Å²) in [5.74, 6) is 0.481. The zero-order valence-corrected chi connectivity index (χ0v) is 14.3. The van der Waals surface area contributed by atoms with Gasteiger partial charge in [-0.05, 0) is 45.1 Å². The molecular weight excluding hydrogens is 302 g/mol. The average molecular weight is 327 g/mol. The molecule has 7 heteroatoms. The number of nitrogens with zero attached hydrogens (tertiary/aromatic N) is 3. The van der Waals surface area contributed by atoms with Crippen molar-refractivity contribution in [1.82, 2.24) is 4.90 Å². The van der Waals surface area contributed by atoms with Crippen LogP contribution in [0.1, 0.15) is 27.2 Å². The lowest BCUT2D eigenvalue weighted by atomic mass is 10.3. The summed E-state index contributed by atoms with van der Waals surface area (Å²) in [5, 5.41) is 10.7. The summed E-state index contributed by atoms with van der Waals surface area (Å²) >= 11 is 0. The van der Waals surface area contributed by atoms with Crippen molar-refractivity contribution in [3.05, 3.63) is 34.4 Å². The van der Waals surface area contributed by atoms with Crippen LogP contribution in [0.4, 0.5) is 5.69 Å². The second kappa shape index (κ2) is 8.85. The van der Waals surface area contributed by atoms with E-state index >= 15 is 0 Å². The third kappa shape index (κ3) is 5.06. The van der Waals surface area contributed by atoms with Crippen molar-refractivity contribution in [3.8, 4) is 0 Å². The molecule has 0 aromatic heterocycles. The van der Waals surface area contributed by atoms with Gasteiger partial charge in [-0.25, -0.2) is 8.57 Å². The molecule has 1 aromatic rings. The third-order valence-corrected chi connectivity index (χ3v) is 6.07. The van der Waals surface area contributed by atoms with E-state index in [2.05, 4.69) is 23.1 Å². The Morgan fingerprint density at radius 2 is 1.77 bits per heavy atom. The minimum Gasteiger partial charge on any atom is -0.304 e. The third-order valence-electron chi connectivity index (χ3n) is 3.54. The fraction of sp³-hybridized carbons (Fsp3) is 0.600. The predicted molar refractivity (Wildman–Crippen MR) is 89.7 cm³/mol. The highest BCUT2D eigenvalue weighted by molar-refractivity contribution is 7.93. The fourth-order valence-electron chi connectivity index (χ4n) is 2.27. The van der Waals surface area contributed by atoms with Gasteiger partial charge in [0.2, 0.25) is 0 Å². The molecule has 0 heterocycles. The number of benzene rings is 1. The molecule has 0 radical (unpaired) electrons. The number of hydrogen-bond donors (Lipinski definition) is 0. The highest BCUT2D eigenvalue weighted by Crippen LogP contribution is 2.19. The Balaban J connectivity index is 2.89. The lowest BCUT2D eigenvalue weighted by Gasteiger charge is -2.18. The van der Waals surface area contributed by atoms with Crippen LogP contribution in [-0.2, 0) is 9.73 Å². The molecule has 1 rings (SSSR count). The summed E-state index contributed by atoms with van der Waals surface area (Å²) in [6, 6.07) is 5.92. The lowest BCUT2D eigenvalue weighted by Crippen LogP contribution is -2.25. The molecule has 0 aliphatic carbocycles. The summed E-state index contributed by atoms with van der Waals surface area (Å²) in [5.41, 5.74) is 0.00476. The van der Waals surface area contributed by atoms with E-state index in [1.807, 2.05) is 6.92 Å². The first kappa shape index (κ1) is 18.6. The van der Waals surface area contributed by atoms with Crippen molar-refractivity contribution < 1.29 is 9.13 Å². The number of rotatable bonds is 9. The minimum absolute atomic E-state index is 0.00476. The highest BCUT2D eigenvalue weighted by atomic mass is 32.2. The largest absolute Gasteiger partial charge is 0.304 e. The van der Waals surface area contributed by atoms with Crippen LogP contribution in [0.2, 0.25) is 0 Å². The zero-order chi connectivity index (χ0) is 16.6. The Kier molecular flexibility index (Phi) is 7.47. The van der Waals surface area contributed by atoms with Crippen molar-refractivity contribution in [2.45, 2.75) is 32.1 Å². The van der Waals surface area contributed by atoms with Gasteiger partial charge >= 0.3 is 0 Å². The molecule has 0 N–H and O–H groups in total. The summed E-state index contributed by atoms with van der Waals surface area (Å²) < 4.78 is 17.4. The van der Waals surface area contributed by atoms with Crippen molar-refractivity contribution >= 4 is 15.4 Å². The molecule has 22 heavy (non-hydrogen) atoms. The summed E-state index contributed by atoms with van der Waals surface area (Å²) in [4.78, 5) is 13.1. The van der Waals surface area contributed by atoms with Crippen molar-refractivity contribution in [1.29, 1.82) is 0 Å². The molecule has 6 nitrogen and oxygen atoms in total. The minimum atomic E-state index is -2.50. The highest BCUT2D eigenvalue weighted by Gasteiger charge is 2.15. The van der Waals surface area contributed by atoms with Gasteiger partial charge in [0, 0.05) is 29.3 Å². The van der Waals surface area contributed by atoms with Crippen LogP contribution in [0.25, 0.3) is 0 Å². The Labute approximate surface area is 132 Å². The number of hydrogen-bond acceptors (Lipinski definition) is 5. The van der Waals surface area contributed by atoms with Crippen LogP contribution >= 0.6 is 0 Å². The second-order valence-electron chi connectivity index (χ2n) is 4.92. The van der Waals surface area contributed by atoms with E-state index in [-0.39, 0.29) is 5.69 Å². The number of non-ortho nitro benzene ring substituents is 1. The molecule has 0 fully saturated rings. The maximum atomic E-state index is 13.1. The van der Waals surface area contributed by atoms with Crippen LogP contribution in [0.5, 0.6) is 0 Å². The molecule has 0 aliphatic rings. The van der Waals surface area contributed by atoms with Crippen LogP contribution in [0, 0.1) is 10.1 Å². The van der Waals surface area contributed by atoms with E-state index in [0.717, 1.165) is 26.1 Å². The maximum absolute atomic E-state index is 13.1. The number of nitro groups is 1. The van der Waals surface area contributed by atoms with Gasteiger partial charge in [0.25, 0.3) is 5.69 Å². The van der Waals surface area contributed by atoms with Gasteiger partial charge in [-0.2, -0.15) is 0 Å². The molecule has 124 valence electrons. The van der Waals surface area contributed by atoms with Crippen LogP contribution in [0.3, 0.4) is 0 Å². The molecule has 0 aliphatic heterocycles. The van der Waals surface area contributed by atoms with Gasteiger partial charge in [-0.3, -0.25) is 10.1 Å².